The fourth-order valence-electron chi connectivity index (χ4n) is 2.34. The number of hydrogen-bond acceptors (Lipinski definition) is 8. The molecule has 1 radical (unpaired) electrons. The van der Waals surface area contributed by atoms with E-state index in [0.717, 1.165) is 4.90 Å². The van der Waals surface area contributed by atoms with Gasteiger partial charge in [-0.1, -0.05) is 0 Å². The minimum Gasteiger partial charge on any atom is -0.480 e. The van der Waals surface area contributed by atoms with Crippen molar-refractivity contribution >= 4 is 29.7 Å². The summed E-state index contributed by atoms with van der Waals surface area (Å²) in [6, 6.07) is 0. The predicted octanol–water partition coefficient (Wildman–Crippen LogP) is -3.00. The Labute approximate surface area is 199 Å². The molecular formula is C15H27GdN3O10+3. The van der Waals surface area contributed by atoms with Crippen molar-refractivity contribution in [3.05, 3.63) is 0 Å². The van der Waals surface area contributed by atoms with Gasteiger partial charge in [0.1, 0.15) is 5.78 Å². The average Bonchev–Trinajstić information content (AvgIpc) is 2.46. The number of aliphatic carboxylic acids is 4. The van der Waals surface area contributed by atoms with Crippen LogP contribution in [0.15, 0.2) is 0 Å². The van der Waals surface area contributed by atoms with Crippen molar-refractivity contribution in [3.8, 4) is 0 Å². The molecule has 0 aromatic heterocycles. The monoisotopic (exact) mass is 567 g/mol. The zero-order valence-electron chi connectivity index (χ0n) is 15.9. The Balaban J connectivity index is -0.00000338. The molecule has 0 saturated heterocycles. The Morgan fingerprint density at radius 3 is 1.07 bits per heavy atom. The first-order valence-electron chi connectivity index (χ1n) is 8.03. The molecule has 0 aromatic rings. The second-order valence-corrected chi connectivity index (χ2v) is 5.97. The Kier molecular flexibility index (Phi) is 19.6. The van der Waals surface area contributed by atoms with Crippen molar-refractivity contribution in [2.24, 2.45) is 0 Å². The number of ketones is 1. The summed E-state index contributed by atoms with van der Waals surface area (Å²) in [5, 5.41) is 35.5. The molecule has 0 aliphatic rings. The van der Waals surface area contributed by atoms with E-state index in [1.54, 1.807) is 0 Å². The molecule has 0 rings (SSSR count). The van der Waals surface area contributed by atoms with Crippen LogP contribution >= 0.6 is 0 Å². The van der Waals surface area contributed by atoms with Crippen LogP contribution in [-0.2, 0) is 24.0 Å². The van der Waals surface area contributed by atoms with Gasteiger partial charge >= 0.3 is 63.8 Å². The van der Waals surface area contributed by atoms with Crippen LogP contribution < -0.4 is 0 Å². The maximum atomic E-state index is 11.2. The van der Waals surface area contributed by atoms with Crippen LogP contribution in [0.25, 0.3) is 0 Å². The quantitative estimate of drug-likeness (QED) is 0.147. The number of carboxylic acid groups (broad SMARTS) is 4. The van der Waals surface area contributed by atoms with Crippen LogP contribution in [0, 0.1) is 39.9 Å². The second-order valence-electron chi connectivity index (χ2n) is 5.97. The minimum atomic E-state index is -1.21. The molecule has 0 atom stereocenters. The third-order valence-electron chi connectivity index (χ3n) is 3.35. The van der Waals surface area contributed by atoms with E-state index in [4.69, 9.17) is 20.4 Å². The summed E-state index contributed by atoms with van der Waals surface area (Å²) in [4.78, 5) is 58.6. The fourth-order valence-corrected chi connectivity index (χ4v) is 2.34. The normalized spacial score (nSPS) is 10.3. The van der Waals surface area contributed by atoms with Gasteiger partial charge in [-0.05, 0) is 6.92 Å². The fraction of sp³-hybridized carbons (Fsp3) is 0.667. The standard InChI is InChI=1S/C15H25N3O9.Gd.H2O/c1-11(19)6-17(8-13(22)23)4-2-16(7-12(20)21)3-5-18(9-14(24)25)10-15(26)27;;/h2-10H2,1H3,(H,20,21)(H,22,23)(H,24,25)(H,26,27);;1H2/q;+3;. The molecule has 29 heavy (non-hydrogen) atoms. The van der Waals surface area contributed by atoms with Gasteiger partial charge in [-0.15, -0.1) is 0 Å². The van der Waals surface area contributed by atoms with Crippen LogP contribution in [0.1, 0.15) is 6.92 Å². The van der Waals surface area contributed by atoms with Crippen molar-refractivity contribution in [2.45, 2.75) is 6.92 Å². The first-order chi connectivity index (χ1) is 12.5. The Morgan fingerprint density at radius 1 is 0.552 bits per heavy atom. The molecule has 0 spiro atoms. The van der Waals surface area contributed by atoms with Crippen molar-refractivity contribution in [1.82, 2.24) is 14.7 Å². The summed E-state index contributed by atoms with van der Waals surface area (Å²) in [7, 11) is 0. The van der Waals surface area contributed by atoms with E-state index in [1.807, 2.05) is 0 Å². The summed E-state index contributed by atoms with van der Waals surface area (Å²) in [6.45, 7) is -0.314. The minimum absolute atomic E-state index is 0. The molecule has 0 aromatic carbocycles. The largest absolute Gasteiger partial charge is 3.00 e. The third-order valence-corrected chi connectivity index (χ3v) is 3.35. The molecule has 6 N–H and O–H groups in total. The van der Waals surface area contributed by atoms with E-state index >= 15 is 0 Å². The average molecular weight is 567 g/mol. The van der Waals surface area contributed by atoms with Gasteiger partial charge in [0.2, 0.25) is 0 Å². The van der Waals surface area contributed by atoms with Gasteiger partial charge in [-0.2, -0.15) is 0 Å². The number of Topliss-reactive ketones (excluding diaryl/α,β-unsaturated/α-hetero) is 1. The Hall–Kier alpha value is -1.29. The number of nitrogens with zero attached hydrogens (tertiary/aromatic N) is 3. The van der Waals surface area contributed by atoms with Gasteiger partial charge in [0, 0.05) is 26.2 Å². The zero-order chi connectivity index (χ0) is 21.0. The van der Waals surface area contributed by atoms with Crippen LogP contribution in [0.2, 0.25) is 0 Å². The molecule has 13 nitrogen and oxygen atoms in total. The van der Waals surface area contributed by atoms with Gasteiger partial charge in [0.05, 0.1) is 32.7 Å². The molecule has 0 saturated carbocycles. The van der Waals surface area contributed by atoms with Gasteiger partial charge in [-0.3, -0.25) is 38.7 Å². The van der Waals surface area contributed by atoms with Gasteiger partial charge < -0.3 is 25.9 Å². The van der Waals surface area contributed by atoms with Gasteiger partial charge in [0.15, 0.2) is 0 Å². The summed E-state index contributed by atoms with van der Waals surface area (Å²) in [6.07, 6.45) is 0. The molecule has 0 aliphatic heterocycles. The summed E-state index contributed by atoms with van der Waals surface area (Å²) < 4.78 is 0. The third kappa shape index (κ3) is 19.8. The van der Waals surface area contributed by atoms with Gasteiger partial charge in [-0.25, -0.2) is 0 Å². The van der Waals surface area contributed by atoms with E-state index in [9.17, 15) is 24.0 Å². The predicted molar refractivity (Wildman–Crippen MR) is 94.2 cm³/mol. The molecule has 0 unspecified atom stereocenters. The maximum absolute atomic E-state index is 11.2. The number of carbonyl (C=O) groups is 5. The van der Waals surface area contributed by atoms with Crippen molar-refractivity contribution in [2.75, 3.05) is 58.9 Å². The van der Waals surface area contributed by atoms with Crippen molar-refractivity contribution < 1.29 is 89.8 Å². The summed E-state index contributed by atoms with van der Waals surface area (Å²) in [5.74, 6) is -4.94. The number of hydrogen-bond donors (Lipinski definition) is 4. The SMILES string of the molecule is CC(=O)CN(CCN(CCN(CC(=O)O)CC(=O)O)CC(=O)O)CC(=O)O.O.[Gd+3]. The first-order valence-corrected chi connectivity index (χ1v) is 8.03. The number of carboxylic acids is 4. The number of carbonyl (C=O) groups excluding carboxylic acids is 1. The van der Waals surface area contributed by atoms with Crippen molar-refractivity contribution in [1.29, 1.82) is 0 Å². The van der Waals surface area contributed by atoms with Gasteiger partial charge in [0.25, 0.3) is 0 Å². The molecule has 0 amide bonds. The smallest absolute Gasteiger partial charge is 0.480 e. The molecule has 0 bridgehead atoms. The van der Waals surface area contributed by atoms with Crippen LogP contribution in [0.4, 0.5) is 0 Å². The molecule has 167 valence electrons. The first kappa shape index (κ1) is 32.4. The second kappa shape index (κ2) is 17.6. The summed E-state index contributed by atoms with van der Waals surface area (Å²) in [5.41, 5.74) is 0. The van der Waals surface area contributed by atoms with E-state index in [2.05, 4.69) is 0 Å². The molecule has 0 heterocycles. The van der Waals surface area contributed by atoms with Crippen LogP contribution in [0.5, 0.6) is 0 Å². The van der Waals surface area contributed by atoms with Crippen LogP contribution in [-0.4, -0.2) is 129 Å². The molecule has 0 aliphatic carbocycles. The van der Waals surface area contributed by atoms with E-state index in [1.165, 1.54) is 16.7 Å². The molecular weight excluding hydrogens is 539 g/mol. The Bertz CT molecular complexity index is 488. The Morgan fingerprint density at radius 2 is 0.793 bits per heavy atom. The zero-order valence-corrected chi connectivity index (χ0v) is 18.2. The molecule has 14 heteroatoms. The van der Waals surface area contributed by atoms with E-state index < -0.39 is 43.5 Å². The number of rotatable bonds is 16. The molecule has 0 fully saturated rings. The van der Waals surface area contributed by atoms with E-state index in [-0.39, 0.29) is 90.5 Å². The van der Waals surface area contributed by atoms with E-state index in [0.29, 0.717) is 0 Å². The maximum Gasteiger partial charge on any atom is 3.00 e. The topological polar surface area (TPSA) is 207 Å². The van der Waals surface area contributed by atoms with Crippen molar-refractivity contribution in [3.63, 3.8) is 0 Å². The summed E-state index contributed by atoms with van der Waals surface area (Å²) >= 11 is 0. The van der Waals surface area contributed by atoms with Crippen LogP contribution in [0.3, 0.4) is 0 Å².